The summed E-state index contributed by atoms with van der Waals surface area (Å²) in [5, 5.41) is 0. The maximum atomic E-state index is 12.6. The lowest BCUT2D eigenvalue weighted by molar-refractivity contribution is -0.141. The molecule has 2 aromatic rings. The number of pyridine rings is 1. The first-order valence-corrected chi connectivity index (χ1v) is 6.56. The fourth-order valence-corrected chi connectivity index (χ4v) is 2.81. The standard InChI is InChI=1S/C15H13F3N2O/c1-9-11(7-19-12(9)8-21)14(4-5-14)10-2-3-13(20-6-10)15(16,17)18/h2-3,6-8,19H,4-5H2,1H3. The van der Waals surface area contributed by atoms with E-state index >= 15 is 0 Å². The number of halogens is 3. The molecule has 0 radical (unpaired) electrons. The third kappa shape index (κ3) is 2.14. The van der Waals surface area contributed by atoms with E-state index in [1.54, 1.807) is 6.20 Å². The summed E-state index contributed by atoms with van der Waals surface area (Å²) in [7, 11) is 0. The molecule has 1 aliphatic rings. The van der Waals surface area contributed by atoms with Crippen LogP contribution in [0.25, 0.3) is 0 Å². The molecule has 1 aliphatic carbocycles. The van der Waals surface area contributed by atoms with Crippen molar-refractivity contribution in [3.05, 3.63) is 52.6 Å². The van der Waals surface area contributed by atoms with Crippen molar-refractivity contribution < 1.29 is 18.0 Å². The summed E-state index contributed by atoms with van der Waals surface area (Å²) in [6.45, 7) is 1.84. The Morgan fingerprint density at radius 3 is 2.48 bits per heavy atom. The van der Waals surface area contributed by atoms with Crippen molar-refractivity contribution in [1.29, 1.82) is 0 Å². The van der Waals surface area contributed by atoms with Crippen LogP contribution < -0.4 is 0 Å². The second-order valence-electron chi connectivity index (χ2n) is 5.37. The van der Waals surface area contributed by atoms with E-state index in [0.717, 1.165) is 41.9 Å². The van der Waals surface area contributed by atoms with E-state index in [-0.39, 0.29) is 5.41 Å². The van der Waals surface area contributed by atoms with Gasteiger partial charge in [-0.1, -0.05) is 6.07 Å². The Hall–Kier alpha value is -2.11. The summed E-state index contributed by atoms with van der Waals surface area (Å²) < 4.78 is 37.7. The molecule has 0 unspecified atom stereocenters. The summed E-state index contributed by atoms with van der Waals surface area (Å²) in [5.41, 5.74) is 1.89. The average molecular weight is 294 g/mol. The first kappa shape index (κ1) is 13.9. The topological polar surface area (TPSA) is 45.8 Å². The molecule has 6 heteroatoms. The molecule has 0 saturated heterocycles. The molecule has 2 heterocycles. The van der Waals surface area contributed by atoms with Crippen LogP contribution >= 0.6 is 0 Å². The normalized spacial score (nSPS) is 16.8. The molecule has 3 rings (SSSR count). The number of aromatic nitrogens is 2. The maximum Gasteiger partial charge on any atom is 0.433 e. The van der Waals surface area contributed by atoms with Crippen molar-refractivity contribution >= 4 is 6.29 Å². The van der Waals surface area contributed by atoms with Crippen molar-refractivity contribution in [2.45, 2.75) is 31.4 Å². The molecular weight excluding hydrogens is 281 g/mol. The van der Waals surface area contributed by atoms with Gasteiger partial charge in [-0.3, -0.25) is 9.78 Å². The Bertz CT molecular complexity index is 682. The number of aldehydes is 1. The Kier molecular flexibility index (Phi) is 2.93. The van der Waals surface area contributed by atoms with E-state index < -0.39 is 11.9 Å². The minimum atomic E-state index is -4.43. The zero-order valence-electron chi connectivity index (χ0n) is 11.3. The Morgan fingerprint density at radius 2 is 2.05 bits per heavy atom. The number of hydrogen-bond acceptors (Lipinski definition) is 2. The molecule has 0 spiro atoms. The number of H-pyrrole nitrogens is 1. The Labute approximate surface area is 119 Å². The Morgan fingerprint density at radius 1 is 1.33 bits per heavy atom. The zero-order valence-corrected chi connectivity index (χ0v) is 11.3. The molecule has 1 fully saturated rings. The van der Waals surface area contributed by atoms with E-state index in [0.29, 0.717) is 5.69 Å². The number of hydrogen-bond donors (Lipinski definition) is 1. The number of carbonyl (C=O) groups is 1. The van der Waals surface area contributed by atoms with Crippen LogP contribution in [0.2, 0.25) is 0 Å². The number of nitrogens with zero attached hydrogens (tertiary/aromatic N) is 1. The van der Waals surface area contributed by atoms with Crippen LogP contribution in [0.15, 0.2) is 24.5 Å². The van der Waals surface area contributed by atoms with Crippen LogP contribution in [0.5, 0.6) is 0 Å². The van der Waals surface area contributed by atoms with Crippen molar-refractivity contribution in [3.8, 4) is 0 Å². The zero-order chi connectivity index (χ0) is 15.3. The highest BCUT2D eigenvalue weighted by Gasteiger charge is 2.48. The Balaban J connectivity index is 1.99. The summed E-state index contributed by atoms with van der Waals surface area (Å²) in [6.07, 6.45) is 1.07. The van der Waals surface area contributed by atoms with Crippen molar-refractivity contribution in [2.75, 3.05) is 0 Å². The van der Waals surface area contributed by atoms with Gasteiger partial charge in [0.2, 0.25) is 0 Å². The van der Waals surface area contributed by atoms with Gasteiger partial charge in [0.1, 0.15) is 5.69 Å². The highest BCUT2D eigenvalue weighted by Crippen LogP contribution is 2.54. The van der Waals surface area contributed by atoms with Gasteiger partial charge in [0.15, 0.2) is 6.29 Å². The molecule has 1 N–H and O–H groups in total. The first-order valence-electron chi connectivity index (χ1n) is 6.56. The van der Waals surface area contributed by atoms with Gasteiger partial charge in [-0.15, -0.1) is 0 Å². The predicted octanol–water partition coefficient (Wildman–Crippen LogP) is 3.63. The summed E-state index contributed by atoms with van der Waals surface area (Å²) >= 11 is 0. The quantitative estimate of drug-likeness (QED) is 0.879. The second kappa shape index (κ2) is 4.44. The number of rotatable bonds is 3. The van der Waals surface area contributed by atoms with E-state index in [1.165, 1.54) is 12.3 Å². The van der Waals surface area contributed by atoms with E-state index in [9.17, 15) is 18.0 Å². The third-order valence-corrected chi connectivity index (χ3v) is 4.17. The van der Waals surface area contributed by atoms with Gasteiger partial charge in [-0.25, -0.2) is 0 Å². The maximum absolute atomic E-state index is 12.6. The van der Waals surface area contributed by atoms with Gasteiger partial charge in [-0.05, 0) is 42.5 Å². The summed E-state index contributed by atoms with van der Waals surface area (Å²) in [4.78, 5) is 17.4. The average Bonchev–Trinajstić information content (AvgIpc) is 3.16. The van der Waals surface area contributed by atoms with Gasteiger partial charge in [0.05, 0.1) is 5.69 Å². The van der Waals surface area contributed by atoms with Crippen LogP contribution in [-0.2, 0) is 11.6 Å². The summed E-state index contributed by atoms with van der Waals surface area (Å²) in [5.74, 6) is 0. The molecule has 0 atom stereocenters. The molecule has 0 bridgehead atoms. The van der Waals surface area contributed by atoms with Crippen molar-refractivity contribution in [1.82, 2.24) is 9.97 Å². The monoisotopic (exact) mass is 294 g/mol. The van der Waals surface area contributed by atoms with Gasteiger partial charge in [0.25, 0.3) is 0 Å². The van der Waals surface area contributed by atoms with Crippen LogP contribution in [0.1, 0.15) is 45.7 Å². The van der Waals surface area contributed by atoms with Crippen LogP contribution in [-0.4, -0.2) is 16.3 Å². The number of alkyl halides is 3. The molecular formula is C15H13F3N2O. The number of nitrogens with one attached hydrogen (secondary N) is 1. The molecule has 0 amide bonds. The highest BCUT2D eigenvalue weighted by molar-refractivity contribution is 5.76. The van der Waals surface area contributed by atoms with Gasteiger partial charge >= 0.3 is 6.18 Å². The van der Waals surface area contributed by atoms with Crippen LogP contribution in [0.3, 0.4) is 0 Å². The predicted molar refractivity (Wildman–Crippen MR) is 70.2 cm³/mol. The third-order valence-electron chi connectivity index (χ3n) is 4.17. The van der Waals surface area contributed by atoms with E-state index in [4.69, 9.17) is 0 Å². The molecule has 3 nitrogen and oxygen atoms in total. The fraction of sp³-hybridized carbons (Fsp3) is 0.333. The molecule has 21 heavy (non-hydrogen) atoms. The van der Waals surface area contributed by atoms with Crippen LogP contribution in [0, 0.1) is 6.92 Å². The van der Waals surface area contributed by atoms with Gasteiger partial charge < -0.3 is 4.98 Å². The van der Waals surface area contributed by atoms with E-state index in [2.05, 4.69) is 9.97 Å². The van der Waals surface area contributed by atoms with Crippen LogP contribution in [0.4, 0.5) is 13.2 Å². The molecule has 0 aliphatic heterocycles. The number of aromatic amines is 1. The van der Waals surface area contributed by atoms with Crippen molar-refractivity contribution in [2.24, 2.45) is 0 Å². The molecule has 110 valence electrons. The van der Waals surface area contributed by atoms with Crippen molar-refractivity contribution in [3.63, 3.8) is 0 Å². The largest absolute Gasteiger partial charge is 0.433 e. The fourth-order valence-electron chi connectivity index (χ4n) is 2.81. The molecule has 2 aromatic heterocycles. The first-order chi connectivity index (χ1) is 9.88. The summed E-state index contributed by atoms with van der Waals surface area (Å²) in [6, 6.07) is 2.49. The smallest absolute Gasteiger partial charge is 0.358 e. The molecule has 0 aromatic carbocycles. The SMILES string of the molecule is Cc1c(C2(c3ccc(C(F)(F)F)nc3)CC2)c[nH]c1C=O. The van der Waals surface area contributed by atoms with Gasteiger partial charge in [-0.2, -0.15) is 13.2 Å². The minimum absolute atomic E-state index is 0.307. The van der Waals surface area contributed by atoms with Gasteiger partial charge in [0, 0.05) is 17.8 Å². The highest BCUT2D eigenvalue weighted by atomic mass is 19.4. The second-order valence-corrected chi connectivity index (χ2v) is 5.37. The lowest BCUT2D eigenvalue weighted by Crippen LogP contribution is -2.13. The lowest BCUT2D eigenvalue weighted by Gasteiger charge is -2.16. The number of carbonyl (C=O) groups excluding carboxylic acids is 1. The lowest BCUT2D eigenvalue weighted by atomic mass is 9.88. The van der Waals surface area contributed by atoms with E-state index in [1.807, 2.05) is 6.92 Å². The molecule has 1 saturated carbocycles. The minimum Gasteiger partial charge on any atom is -0.358 e.